The number of nitrogens with zero attached hydrogens (tertiary/aromatic N) is 6. The second-order valence-corrected chi connectivity index (χ2v) is 9.42. The second kappa shape index (κ2) is 9.98. The summed E-state index contributed by atoms with van der Waals surface area (Å²) in [5.74, 6) is 0.0385. The van der Waals surface area contributed by atoms with E-state index in [1.54, 1.807) is 42.7 Å². The average molecular weight is 499 g/mol. The maximum absolute atomic E-state index is 13.1. The number of aromatic nitrogens is 5. The molecule has 0 aliphatic carbocycles. The number of hydrogen-bond donors (Lipinski definition) is 2. The van der Waals surface area contributed by atoms with Gasteiger partial charge >= 0.3 is 0 Å². The summed E-state index contributed by atoms with van der Waals surface area (Å²) >= 11 is 0. The molecule has 1 fully saturated rings. The molecule has 0 atom stereocenters. The smallest absolute Gasteiger partial charge is 0.257 e. The number of carbonyl (C=O) groups is 1. The van der Waals surface area contributed by atoms with Crippen LogP contribution in [0.25, 0.3) is 16.7 Å². The van der Waals surface area contributed by atoms with Crippen LogP contribution in [0, 0.1) is 13.8 Å². The van der Waals surface area contributed by atoms with Gasteiger partial charge in [0.2, 0.25) is 11.9 Å². The number of hydrogen-bond acceptors (Lipinski definition) is 7. The number of anilines is 3. The van der Waals surface area contributed by atoms with E-state index in [2.05, 4.69) is 43.9 Å². The van der Waals surface area contributed by atoms with Crippen molar-refractivity contribution in [1.82, 2.24) is 29.2 Å². The molecule has 0 spiro atoms. The molecule has 1 aliphatic rings. The summed E-state index contributed by atoms with van der Waals surface area (Å²) in [7, 11) is 2.14. The van der Waals surface area contributed by atoms with Crippen molar-refractivity contribution in [3.05, 3.63) is 77.0 Å². The average Bonchev–Trinajstić information content (AvgIpc) is 3.24. The van der Waals surface area contributed by atoms with Crippen LogP contribution in [0.4, 0.5) is 17.3 Å². The van der Waals surface area contributed by atoms with Crippen LogP contribution in [0.2, 0.25) is 0 Å². The molecule has 190 valence electrons. The molecule has 0 bridgehead atoms. The van der Waals surface area contributed by atoms with Crippen LogP contribution in [0.5, 0.6) is 0 Å². The normalized spacial score (nSPS) is 14.6. The van der Waals surface area contributed by atoms with Crippen LogP contribution < -0.4 is 16.2 Å². The molecule has 37 heavy (non-hydrogen) atoms. The molecule has 5 rings (SSSR count). The van der Waals surface area contributed by atoms with Crippen molar-refractivity contribution in [1.29, 1.82) is 0 Å². The summed E-state index contributed by atoms with van der Waals surface area (Å²) in [6.45, 7) is 9.49. The summed E-state index contributed by atoms with van der Waals surface area (Å²) in [5.41, 5.74) is 3.99. The highest BCUT2D eigenvalue weighted by Gasteiger charge is 2.22. The Hall–Kier alpha value is -4.31. The molecule has 10 nitrogen and oxygen atoms in total. The van der Waals surface area contributed by atoms with Crippen molar-refractivity contribution < 1.29 is 4.79 Å². The van der Waals surface area contributed by atoms with Gasteiger partial charge in [0.1, 0.15) is 0 Å². The van der Waals surface area contributed by atoms with Crippen molar-refractivity contribution in [3.63, 3.8) is 0 Å². The van der Waals surface area contributed by atoms with E-state index in [4.69, 9.17) is 4.98 Å². The zero-order valence-electron chi connectivity index (χ0n) is 21.2. The fraction of sp³-hybridized carbons (Fsp3) is 0.296. The lowest BCUT2D eigenvalue weighted by atomic mass is 10.1. The van der Waals surface area contributed by atoms with E-state index in [1.165, 1.54) is 10.6 Å². The van der Waals surface area contributed by atoms with E-state index in [0.717, 1.165) is 48.3 Å². The monoisotopic (exact) mass is 498 g/mol. The van der Waals surface area contributed by atoms with Crippen molar-refractivity contribution in [2.75, 3.05) is 30.8 Å². The minimum absolute atomic E-state index is 0.229. The number of pyridine rings is 1. The molecule has 10 heteroatoms. The van der Waals surface area contributed by atoms with Gasteiger partial charge in [0.25, 0.3) is 5.56 Å². The molecule has 0 unspecified atom stereocenters. The second-order valence-electron chi connectivity index (χ2n) is 9.42. The van der Waals surface area contributed by atoms with Crippen LogP contribution >= 0.6 is 0 Å². The summed E-state index contributed by atoms with van der Waals surface area (Å²) in [6, 6.07) is 8.97. The number of benzene rings is 1. The fourth-order valence-corrected chi connectivity index (χ4v) is 4.75. The van der Waals surface area contributed by atoms with Gasteiger partial charge in [-0.05, 0) is 76.7 Å². The predicted octanol–water partition coefficient (Wildman–Crippen LogP) is 3.73. The Morgan fingerprint density at radius 1 is 1.16 bits per heavy atom. The van der Waals surface area contributed by atoms with E-state index in [-0.39, 0.29) is 11.5 Å². The van der Waals surface area contributed by atoms with Gasteiger partial charge in [-0.15, -0.1) is 0 Å². The number of amides is 1. The maximum atomic E-state index is 13.1. The minimum Gasteiger partial charge on any atom is -0.322 e. The van der Waals surface area contributed by atoms with E-state index in [0.29, 0.717) is 29.0 Å². The highest BCUT2D eigenvalue weighted by atomic mass is 16.1. The Morgan fingerprint density at radius 2 is 1.95 bits per heavy atom. The molecule has 1 aromatic carbocycles. The third-order valence-corrected chi connectivity index (χ3v) is 6.85. The van der Waals surface area contributed by atoms with Crippen LogP contribution in [-0.2, 0) is 4.79 Å². The van der Waals surface area contributed by atoms with E-state index in [1.807, 2.05) is 13.8 Å². The zero-order valence-corrected chi connectivity index (χ0v) is 21.2. The van der Waals surface area contributed by atoms with Crippen LogP contribution in [0.1, 0.15) is 30.1 Å². The molecule has 4 aromatic rings. The van der Waals surface area contributed by atoms with E-state index in [9.17, 15) is 9.59 Å². The fourth-order valence-electron chi connectivity index (χ4n) is 4.75. The van der Waals surface area contributed by atoms with Crippen molar-refractivity contribution in [2.45, 2.75) is 32.7 Å². The number of likely N-dealkylation sites (tertiary alicyclic amines) is 1. The van der Waals surface area contributed by atoms with Gasteiger partial charge in [-0.25, -0.2) is 4.98 Å². The number of rotatable bonds is 6. The SMILES string of the molecule is C=CC(=O)Nc1cccc(-n2c(=O)cc(C)c3cnc(Nc4cnn(C5CCN(C)CC5)c4C)nc32)c1. The Morgan fingerprint density at radius 3 is 2.70 bits per heavy atom. The largest absolute Gasteiger partial charge is 0.322 e. The van der Waals surface area contributed by atoms with Crippen LogP contribution in [-0.4, -0.2) is 55.3 Å². The van der Waals surface area contributed by atoms with Crippen molar-refractivity contribution in [3.8, 4) is 5.69 Å². The molecular weight excluding hydrogens is 468 g/mol. The first-order chi connectivity index (χ1) is 17.8. The molecule has 1 aliphatic heterocycles. The molecule has 3 aromatic heterocycles. The highest BCUT2D eigenvalue weighted by Crippen LogP contribution is 2.28. The number of carbonyl (C=O) groups excluding carboxylic acids is 1. The van der Waals surface area contributed by atoms with Gasteiger partial charge in [-0.1, -0.05) is 12.6 Å². The van der Waals surface area contributed by atoms with Gasteiger partial charge in [0.15, 0.2) is 5.65 Å². The van der Waals surface area contributed by atoms with Crippen LogP contribution in [0.15, 0.2) is 60.2 Å². The Kier molecular flexibility index (Phi) is 6.58. The minimum atomic E-state index is -0.330. The Bertz CT molecular complexity index is 1550. The molecule has 4 heterocycles. The van der Waals surface area contributed by atoms with Crippen molar-refractivity contribution >= 4 is 34.3 Å². The standard InChI is InChI=1S/C27H30N8O2/c1-5-24(36)30-19-7-6-8-21(14-19)34-25(37)13-17(2)22-15-28-27(32-26(22)34)31-23-16-29-35(18(23)3)20-9-11-33(4)12-10-20/h5-8,13-16,20H,1,9-12H2,2-4H3,(H,30,36)(H,28,31,32). The summed E-state index contributed by atoms with van der Waals surface area (Å²) in [5, 5.41) is 11.4. The first kappa shape index (κ1) is 24.4. The highest BCUT2D eigenvalue weighted by molar-refractivity contribution is 5.99. The summed E-state index contributed by atoms with van der Waals surface area (Å²) < 4.78 is 3.60. The lowest BCUT2D eigenvalue weighted by molar-refractivity contribution is -0.111. The topological polar surface area (TPSA) is 110 Å². The lowest BCUT2D eigenvalue weighted by Crippen LogP contribution is -2.32. The zero-order chi connectivity index (χ0) is 26.1. The third kappa shape index (κ3) is 4.88. The molecule has 0 radical (unpaired) electrons. The van der Waals surface area contributed by atoms with E-state index >= 15 is 0 Å². The predicted molar refractivity (Wildman–Crippen MR) is 145 cm³/mol. The molecular formula is C27H30N8O2. The lowest BCUT2D eigenvalue weighted by Gasteiger charge is -2.29. The summed E-state index contributed by atoms with van der Waals surface area (Å²) in [4.78, 5) is 36.5. The molecule has 1 saturated heterocycles. The quantitative estimate of drug-likeness (QED) is 0.390. The third-order valence-electron chi connectivity index (χ3n) is 6.85. The molecule has 0 saturated carbocycles. The van der Waals surface area contributed by atoms with Gasteiger partial charge in [-0.2, -0.15) is 10.1 Å². The molecule has 2 N–H and O–H groups in total. The van der Waals surface area contributed by atoms with Gasteiger partial charge in [0, 0.05) is 23.3 Å². The van der Waals surface area contributed by atoms with E-state index < -0.39 is 0 Å². The number of aryl methyl sites for hydroxylation is 1. The van der Waals surface area contributed by atoms with Gasteiger partial charge < -0.3 is 15.5 Å². The van der Waals surface area contributed by atoms with Crippen molar-refractivity contribution in [2.24, 2.45) is 0 Å². The van der Waals surface area contributed by atoms with Crippen LogP contribution in [0.3, 0.4) is 0 Å². The Labute approximate surface area is 214 Å². The number of nitrogens with one attached hydrogen (secondary N) is 2. The first-order valence-electron chi connectivity index (χ1n) is 12.3. The maximum Gasteiger partial charge on any atom is 0.257 e. The molecule has 1 amide bonds. The van der Waals surface area contributed by atoms with Gasteiger partial charge in [-0.3, -0.25) is 18.8 Å². The van der Waals surface area contributed by atoms with Gasteiger partial charge in [0.05, 0.1) is 29.3 Å². The summed E-state index contributed by atoms with van der Waals surface area (Å²) in [6.07, 6.45) is 6.83. The Balaban J connectivity index is 1.51. The number of fused-ring (bicyclic) bond motifs is 1. The first-order valence-corrected chi connectivity index (χ1v) is 12.3. The number of piperidine rings is 1.